The number of nitrogens with zero attached hydrogens (tertiary/aromatic N) is 5. The minimum Gasteiger partial charge on any atom is -0.497 e. The van der Waals surface area contributed by atoms with Crippen molar-refractivity contribution in [3.05, 3.63) is 61.1 Å². The maximum absolute atomic E-state index is 5.19. The number of hydrogen-bond donors (Lipinski definition) is 0. The molecule has 1 aromatic carbocycles. The third-order valence-corrected chi connectivity index (χ3v) is 5.40. The van der Waals surface area contributed by atoms with Gasteiger partial charge in [0.15, 0.2) is 0 Å². The molecule has 3 heterocycles. The highest BCUT2D eigenvalue weighted by molar-refractivity contribution is 7.99. The number of ether oxygens (including phenoxy) is 1. The molecule has 1 fully saturated rings. The maximum atomic E-state index is 5.19. The van der Waals surface area contributed by atoms with Crippen LogP contribution in [-0.4, -0.2) is 48.2 Å². The first-order valence-electron chi connectivity index (χ1n) is 8.87. The van der Waals surface area contributed by atoms with E-state index in [0.29, 0.717) is 0 Å². The Bertz CT molecular complexity index is 850. The monoisotopic (exact) mass is 379 g/mol. The van der Waals surface area contributed by atoms with Gasteiger partial charge in [-0.2, -0.15) is 0 Å². The lowest BCUT2D eigenvalue weighted by atomic mass is 10.3. The van der Waals surface area contributed by atoms with E-state index in [2.05, 4.69) is 30.8 Å². The molecule has 1 aliphatic rings. The number of methoxy groups -OCH3 is 1. The molecule has 138 valence electrons. The highest BCUT2D eigenvalue weighted by Gasteiger charge is 2.19. The van der Waals surface area contributed by atoms with Crippen LogP contribution < -0.4 is 14.5 Å². The van der Waals surface area contributed by atoms with E-state index in [1.54, 1.807) is 18.9 Å². The third-order valence-electron chi connectivity index (χ3n) is 4.47. The summed E-state index contributed by atoms with van der Waals surface area (Å²) < 4.78 is 5.19. The minimum absolute atomic E-state index is 0.852. The SMILES string of the molecule is COc1ccc(Sc2cnc(N3CCN(c4ccccn4)CC3)cn2)cc1. The normalized spacial score (nSPS) is 14.3. The molecule has 1 saturated heterocycles. The van der Waals surface area contributed by atoms with Gasteiger partial charge in [0, 0.05) is 37.3 Å². The quantitative estimate of drug-likeness (QED) is 0.674. The number of benzene rings is 1. The molecule has 0 radical (unpaired) electrons. The van der Waals surface area contributed by atoms with Crippen molar-refractivity contribution < 1.29 is 4.74 Å². The van der Waals surface area contributed by atoms with E-state index >= 15 is 0 Å². The number of aromatic nitrogens is 3. The molecular weight excluding hydrogens is 358 g/mol. The van der Waals surface area contributed by atoms with E-state index in [1.807, 2.05) is 55.0 Å². The molecule has 27 heavy (non-hydrogen) atoms. The van der Waals surface area contributed by atoms with Gasteiger partial charge in [-0.05, 0) is 36.4 Å². The first-order valence-corrected chi connectivity index (χ1v) is 9.68. The summed E-state index contributed by atoms with van der Waals surface area (Å²) in [5, 5.41) is 0.885. The number of anilines is 2. The summed E-state index contributed by atoms with van der Waals surface area (Å²) in [7, 11) is 1.67. The van der Waals surface area contributed by atoms with Crippen molar-refractivity contribution >= 4 is 23.4 Å². The van der Waals surface area contributed by atoms with Crippen LogP contribution >= 0.6 is 11.8 Å². The molecule has 7 heteroatoms. The van der Waals surface area contributed by atoms with Gasteiger partial charge in [0.1, 0.15) is 22.4 Å². The first-order chi connectivity index (χ1) is 13.3. The Labute approximate surface area is 163 Å². The zero-order chi connectivity index (χ0) is 18.5. The van der Waals surface area contributed by atoms with Crippen molar-refractivity contribution in [3.63, 3.8) is 0 Å². The van der Waals surface area contributed by atoms with Gasteiger partial charge in [-0.15, -0.1) is 0 Å². The largest absolute Gasteiger partial charge is 0.497 e. The molecule has 0 N–H and O–H groups in total. The van der Waals surface area contributed by atoms with Crippen LogP contribution in [0.3, 0.4) is 0 Å². The summed E-state index contributed by atoms with van der Waals surface area (Å²) in [6.07, 6.45) is 5.55. The lowest BCUT2D eigenvalue weighted by Crippen LogP contribution is -2.47. The van der Waals surface area contributed by atoms with Crippen LogP contribution in [0.1, 0.15) is 0 Å². The average molecular weight is 379 g/mol. The predicted octanol–water partition coefficient (Wildman–Crippen LogP) is 3.36. The second kappa shape index (κ2) is 8.26. The third kappa shape index (κ3) is 4.31. The molecule has 0 spiro atoms. The van der Waals surface area contributed by atoms with E-state index < -0.39 is 0 Å². The fourth-order valence-corrected chi connectivity index (χ4v) is 3.72. The lowest BCUT2D eigenvalue weighted by Gasteiger charge is -2.35. The standard InChI is InChI=1S/C20H21N5OS/c1-26-16-5-7-17(8-6-16)27-20-15-22-19(14-23-20)25-12-10-24(11-13-25)18-4-2-3-9-21-18/h2-9,14-15H,10-13H2,1H3. The first kappa shape index (κ1) is 17.6. The average Bonchev–Trinajstić information content (AvgIpc) is 2.76. The van der Waals surface area contributed by atoms with Crippen LogP contribution in [0.25, 0.3) is 0 Å². The van der Waals surface area contributed by atoms with Crippen molar-refractivity contribution in [3.8, 4) is 5.75 Å². The summed E-state index contributed by atoms with van der Waals surface area (Å²) in [6.45, 7) is 3.69. The summed E-state index contributed by atoms with van der Waals surface area (Å²) >= 11 is 1.60. The zero-order valence-corrected chi connectivity index (χ0v) is 16.0. The Hall–Kier alpha value is -2.80. The Morgan fingerprint density at radius 3 is 2.15 bits per heavy atom. The van der Waals surface area contributed by atoms with Gasteiger partial charge >= 0.3 is 0 Å². The number of piperazine rings is 1. The second-order valence-electron chi connectivity index (χ2n) is 6.15. The molecule has 0 saturated carbocycles. The van der Waals surface area contributed by atoms with Crippen molar-refractivity contribution in [1.82, 2.24) is 15.0 Å². The molecule has 0 unspecified atom stereocenters. The lowest BCUT2D eigenvalue weighted by molar-refractivity contribution is 0.414. The Balaban J connectivity index is 1.35. The molecule has 1 aliphatic heterocycles. The summed E-state index contributed by atoms with van der Waals surface area (Å²) in [5.41, 5.74) is 0. The molecular formula is C20H21N5OS. The van der Waals surface area contributed by atoms with Crippen LogP contribution in [0.2, 0.25) is 0 Å². The smallest absolute Gasteiger partial charge is 0.147 e. The highest BCUT2D eigenvalue weighted by Crippen LogP contribution is 2.28. The van der Waals surface area contributed by atoms with Gasteiger partial charge in [-0.25, -0.2) is 15.0 Å². The van der Waals surface area contributed by atoms with Gasteiger partial charge in [0.2, 0.25) is 0 Å². The molecule has 4 rings (SSSR count). The summed E-state index contributed by atoms with van der Waals surface area (Å²) in [6, 6.07) is 14.0. The number of hydrogen-bond acceptors (Lipinski definition) is 7. The molecule has 0 aliphatic carbocycles. The Morgan fingerprint density at radius 1 is 0.815 bits per heavy atom. The minimum atomic E-state index is 0.852. The number of pyridine rings is 1. The molecule has 6 nitrogen and oxygen atoms in total. The van der Waals surface area contributed by atoms with Crippen LogP contribution in [0.5, 0.6) is 5.75 Å². The molecule has 0 amide bonds. The predicted molar refractivity (Wildman–Crippen MR) is 108 cm³/mol. The van der Waals surface area contributed by atoms with Crippen molar-refractivity contribution in [2.45, 2.75) is 9.92 Å². The Morgan fingerprint density at radius 2 is 1.56 bits per heavy atom. The second-order valence-corrected chi connectivity index (χ2v) is 7.25. The van der Waals surface area contributed by atoms with E-state index in [9.17, 15) is 0 Å². The topological polar surface area (TPSA) is 54.4 Å². The van der Waals surface area contributed by atoms with E-state index in [4.69, 9.17) is 4.74 Å². The highest BCUT2D eigenvalue weighted by atomic mass is 32.2. The van der Waals surface area contributed by atoms with Gasteiger partial charge in [-0.3, -0.25) is 0 Å². The van der Waals surface area contributed by atoms with Gasteiger partial charge in [0.25, 0.3) is 0 Å². The number of rotatable bonds is 5. The zero-order valence-electron chi connectivity index (χ0n) is 15.2. The van der Waals surface area contributed by atoms with Crippen molar-refractivity contribution in [2.75, 3.05) is 43.1 Å². The summed E-state index contributed by atoms with van der Waals surface area (Å²) in [4.78, 5) is 19.3. The molecule has 3 aromatic rings. The van der Waals surface area contributed by atoms with Crippen molar-refractivity contribution in [1.29, 1.82) is 0 Å². The Kier molecular flexibility index (Phi) is 5.39. The maximum Gasteiger partial charge on any atom is 0.147 e. The van der Waals surface area contributed by atoms with Crippen molar-refractivity contribution in [2.24, 2.45) is 0 Å². The fourth-order valence-electron chi connectivity index (χ4n) is 3.00. The molecule has 0 atom stereocenters. The van der Waals surface area contributed by atoms with E-state index in [0.717, 1.165) is 53.5 Å². The van der Waals surface area contributed by atoms with Crippen LogP contribution in [0.15, 0.2) is 71.0 Å². The van der Waals surface area contributed by atoms with Crippen LogP contribution in [0.4, 0.5) is 11.6 Å². The van der Waals surface area contributed by atoms with E-state index in [-0.39, 0.29) is 0 Å². The fraction of sp³-hybridized carbons (Fsp3) is 0.250. The van der Waals surface area contributed by atoms with Gasteiger partial charge in [-0.1, -0.05) is 17.8 Å². The van der Waals surface area contributed by atoms with Gasteiger partial charge < -0.3 is 14.5 Å². The van der Waals surface area contributed by atoms with E-state index in [1.165, 1.54) is 0 Å². The van der Waals surface area contributed by atoms with Gasteiger partial charge in [0.05, 0.1) is 19.5 Å². The molecule has 2 aromatic heterocycles. The van der Waals surface area contributed by atoms with Crippen LogP contribution in [-0.2, 0) is 0 Å². The summed E-state index contributed by atoms with van der Waals surface area (Å²) in [5.74, 6) is 2.81. The molecule has 0 bridgehead atoms. The van der Waals surface area contributed by atoms with Crippen LogP contribution in [0, 0.1) is 0 Å².